The summed E-state index contributed by atoms with van der Waals surface area (Å²) >= 11 is 0. The van der Waals surface area contributed by atoms with Crippen LogP contribution in [0.3, 0.4) is 0 Å². The minimum atomic E-state index is -1.19. The molecule has 0 aliphatic carbocycles. The van der Waals surface area contributed by atoms with Gasteiger partial charge in [-0.2, -0.15) is 0 Å². The van der Waals surface area contributed by atoms with Crippen molar-refractivity contribution in [1.82, 2.24) is 0 Å². The van der Waals surface area contributed by atoms with E-state index >= 15 is 0 Å². The van der Waals surface area contributed by atoms with Crippen LogP contribution in [-0.4, -0.2) is 16.8 Å². The Morgan fingerprint density at radius 1 is 0.765 bits per heavy atom. The molecule has 3 aromatic carbocycles. The number of para-hydroxylation sites is 2. The highest BCUT2D eigenvalue weighted by atomic mass is 16.5. The van der Waals surface area contributed by atoms with E-state index in [1.54, 1.807) is 72.8 Å². The molecule has 0 spiro atoms. The third-order valence-electron chi connectivity index (χ3n) is 5.72. The Balaban J connectivity index is 1.89. The van der Waals surface area contributed by atoms with Gasteiger partial charge in [0.05, 0.1) is 34.4 Å². The van der Waals surface area contributed by atoms with Crippen molar-refractivity contribution in [2.45, 2.75) is 12.8 Å². The average molecular weight is 456 g/mol. The molecular weight excluding hydrogens is 436 g/mol. The summed E-state index contributed by atoms with van der Waals surface area (Å²) in [6.45, 7) is 2.23. The Labute approximate surface area is 193 Å². The summed E-state index contributed by atoms with van der Waals surface area (Å²) in [5, 5.41) is 23.0. The monoisotopic (exact) mass is 456 g/mol. The molecule has 5 rings (SSSR count). The number of hydrogen-bond acceptors (Lipinski definition) is 7. The third kappa shape index (κ3) is 3.47. The van der Waals surface area contributed by atoms with Gasteiger partial charge in [-0.15, -0.1) is 0 Å². The van der Waals surface area contributed by atoms with Gasteiger partial charge in [0.15, 0.2) is 0 Å². The number of fused-ring (bicyclic) bond motifs is 2. The van der Waals surface area contributed by atoms with E-state index in [0.717, 1.165) is 0 Å². The largest absolute Gasteiger partial charge is 0.507 e. The Kier molecular flexibility index (Phi) is 5.30. The highest BCUT2D eigenvalue weighted by Crippen LogP contribution is 2.42. The number of hydrogen-bond donors (Lipinski definition) is 2. The van der Waals surface area contributed by atoms with Crippen LogP contribution in [0.5, 0.6) is 17.2 Å². The third-order valence-corrected chi connectivity index (χ3v) is 5.72. The Hall–Kier alpha value is -4.52. The van der Waals surface area contributed by atoms with E-state index in [1.807, 2.05) is 6.92 Å². The molecule has 2 N–H and O–H groups in total. The molecular formula is C27H20O7. The number of ether oxygens (including phenoxy) is 1. The molecule has 0 bridgehead atoms. The summed E-state index contributed by atoms with van der Waals surface area (Å²) in [7, 11) is 0. The highest BCUT2D eigenvalue weighted by Gasteiger charge is 2.32. The van der Waals surface area contributed by atoms with Crippen molar-refractivity contribution in [1.29, 1.82) is 0 Å². The predicted molar refractivity (Wildman–Crippen MR) is 127 cm³/mol. The van der Waals surface area contributed by atoms with Crippen molar-refractivity contribution in [3.8, 4) is 17.2 Å². The summed E-state index contributed by atoms with van der Waals surface area (Å²) < 4.78 is 16.6. The molecule has 0 radical (unpaired) electrons. The second kappa shape index (κ2) is 8.44. The van der Waals surface area contributed by atoms with Crippen molar-refractivity contribution in [3.05, 3.63) is 110 Å². The van der Waals surface area contributed by atoms with Crippen molar-refractivity contribution in [2.24, 2.45) is 0 Å². The summed E-state index contributed by atoms with van der Waals surface area (Å²) in [6, 6.07) is 19.8. The van der Waals surface area contributed by atoms with Crippen LogP contribution in [0.2, 0.25) is 0 Å². The smallest absolute Gasteiger partial charge is 0.344 e. The Morgan fingerprint density at radius 3 is 1.82 bits per heavy atom. The van der Waals surface area contributed by atoms with Crippen LogP contribution in [0.4, 0.5) is 0 Å². The van der Waals surface area contributed by atoms with Crippen LogP contribution < -0.4 is 16.0 Å². The summed E-state index contributed by atoms with van der Waals surface area (Å²) in [5.41, 5.74) is -1.22. The molecule has 0 aliphatic heterocycles. The van der Waals surface area contributed by atoms with E-state index in [4.69, 9.17) is 13.6 Å². The molecule has 2 heterocycles. The van der Waals surface area contributed by atoms with Gasteiger partial charge >= 0.3 is 11.3 Å². The predicted octanol–water partition coefficient (Wildman–Crippen LogP) is 4.89. The van der Waals surface area contributed by atoms with Gasteiger partial charge in [0, 0.05) is 0 Å². The molecule has 7 nitrogen and oxygen atoms in total. The average Bonchev–Trinajstić information content (AvgIpc) is 2.83. The summed E-state index contributed by atoms with van der Waals surface area (Å²) in [4.78, 5) is 26.3. The molecule has 7 heteroatoms. The molecule has 0 atom stereocenters. The lowest BCUT2D eigenvalue weighted by atomic mass is 9.84. The van der Waals surface area contributed by atoms with Crippen LogP contribution in [0, 0.1) is 0 Å². The Morgan fingerprint density at radius 2 is 1.29 bits per heavy atom. The first kappa shape index (κ1) is 21.3. The molecule has 34 heavy (non-hydrogen) atoms. The number of rotatable bonds is 5. The molecule has 0 saturated heterocycles. The molecule has 5 aromatic rings. The topological polar surface area (TPSA) is 110 Å². The van der Waals surface area contributed by atoms with Crippen molar-refractivity contribution < 1.29 is 23.8 Å². The second-order valence-electron chi connectivity index (χ2n) is 7.73. The van der Waals surface area contributed by atoms with Gasteiger partial charge in [-0.25, -0.2) is 9.59 Å². The van der Waals surface area contributed by atoms with E-state index in [9.17, 15) is 19.8 Å². The van der Waals surface area contributed by atoms with Crippen LogP contribution >= 0.6 is 0 Å². The van der Waals surface area contributed by atoms with E-state index in [-0.39, 0.29) is 33.8 Å². The van der Waals surface area contributed by atoms with E-state index in [1.165, 1.54) is 0 Å². The normalized spacial score (nSPS) is 11.4. The number of benzene rings is 3. The fourth-order valence-electron chi connectivity index (χ4n) is 4.23. The van der Waals surface area contributed by atoms with E-state index in [0.29, 0.717) is 28.7 Å². The minimum Gasteiger partial charge on any atom is -0.507 e. The van der Waals surface area contributed by atoms with Crippen LogP contribution in [-0.2, 0) is 0 Å². The molecule has 2 aromatic heterocycles. The fourth-order valence-corrected chi connectivity index (χ4v) is 4.23. The maximum Gasteiger partial charge on any atom is 0.344 e. The SMILES string of the molecule is CCOc1cccc(C(c2c(O)c3ccccc3oc2=O)c2c(O)c3ccccc3oc2=O)c1. The molecule has 0 fully saturated rings. The van der Waals surface area contributed by atoms with Gasteiger partial charge in [0.2, 0.25) is 0 Å². The zero-order valence-electron chi connectivity index (χ0n) is 18.1. The minimum absolute atomic E-state index is 0.190. The zero-order chi connectivity index (χ0) is 23.8. The second-order valence-corrected chi connectivity index (χ2v) is 7.73. The zero-order valence-corrected chi connectivity index (χ0v) is 18.1. The summed E-state index contributed by atoms with van der Waals surface area (Å²) in [6.07, 6.45) is 0. The lowest BCUT2D eigenvalue weighted by Crippen LogP contribution is -2.21. The lowest BCUT2D eigenvalue weighted by molar-refractivity contribution is 0.339. The van der Waals surface area contributed by atoms with Crippen molar-refractivity contribution in [3.63, 3.8) is 0 Å². The van der Waals surface area contributed by atoms with Gasteiger partial charge in [-0.05, 0) is 48.9 Å². The maximum absolute atomic E-state index is 13.2. The quantitative estimate of drug-likeness (QED) is 0.362. The standard InChI is InChI=1S/C27H20O7/c1-2-32-16-9-7-8-15(14-16)21(22-24(28)17-10-3-5-12-19(17)33-26(22)30)23-25(29)18-11-4-6-13-20(18)34-27(23)31/h3-14,21,28-29H,2H2,1H3. The van der Waals surface area contributed by atoms with Gasteiger partial charge in [-0.3, -0.25) is 0 Å². The molecule has 170 valence electrons. The van der Waals surface area contributed by atoms with Crippen LogP contribution in [0.25, 0.3) is 21.9 Å². The van der Waals surface area contributed by atoms with Gasteiger partial charge in [0.1, 0.15) is 28.4 Å². The number of aromatic hydroxyl groups is 2. The van der Waals surface area contributed by atoms with Crippen molar-refractivity contribution in [2.75, 3.05) is 6.61 Å². The molecule has 0 amide bonds. The van der Waals surface area contributed by atoms with Crippen molar-refractivity contribution >= 4 is 21.9 Å². The van der Waals surface area contributed by atoms with Gasteiger partial charge in [-0.1, -0.05) is 36.4 Å². The molecule has 0 unspecified atom stereocenters. The van der Waals surface area contributed by atoms with Crippen LogP contribution in [0.1, 0.15) is 29.5 Å². The first-order chi connectivity index (χ1) is 16.5. The Bertz CT molecular complexity index is 1550. The van der Waals surface area contributed by atoms with Gasteiger partial charge < -0.3 is 23.8 Å². The molecule has 0 saturated carbocycles. The fraction of sp³-hybridized carbons (Fsp3) is 0.111. The van der Waals surface area contributed by atoms with E-state index < -0.39 is 17.2 Å². The first-order valence-electron chi connectivity index (χ1n) is 10.7. The van der Waals surface area contributed by atoms with Crippen LogP contribution in [0.15, 0.2) is 91.2 Å². The van der Waals surface area contributed by atoms with Gasteiger partial charge in [0.25, 0.3) is 0 Å². The first-order valence-corrected chi connectivity index (χ1v) is 10.7. The maximum atomic E-state index is 13.2. The molecule has 0 aliphatic rings. The van der Waals surface area contributed by atoms with E-state index in [2.05, 4.69) is 0 Å². The highest BCUT2D eigenvalue weighted by molar-refractivity contribution is 5.86. The summed E-state index contributed by atoms with van der Waals surface area (Å²) in [5.74, 6) is -1.38. The lowest BCUT2D eigenvalue weighted by Gasteiger charge is -2.20.